The van der Waals surface area contributed by atoms with E-state index in [-0.39, 0.29) is 11.5 Å². The van der Waals surface area contributed by atoms with Crippen LogP contribution in [-0.2, 0) is 0 Å². The summed E-state index contributed by atoms with van der Waals surface area (Å²) in [7, 11) is 0. The maximum atomic E-state index is 13.1. The molecule has 25 heavy (non-hydrogen) atoms. The molecule has 120 valence electrons. The number of phenolic OH excluding ortho intramolecular Hbond substituents is 1. The number of aromatic nitrogens is 2. The van der Waals surface area contributed by atoms with E-state index in [1.807, 2.05) is 48.5 Å². The molecule has 4 aromatic rings. The molecular formula is C21H14N2O2. The first-order valence-electron chi connectivity index (χ1n) is 7.87. The maximum absolute atomic E-state index is 13.1. The van der Waals surface area contributed by atoms with Crippen LogP contribution in [0.1, 0.15) is 15.9 Å². The molecule has 2 aromatic heterocycles. The van der Waals surface area contributed by atoms with Gasteiger partial charge in [-0.1, -0.05) is 30.3 Å². The summed E-state index contributed by atoms with van der Waals surface area (Å²) >= 11 is 0. The number of nitrogens with zero attached hydrogens (tertiary/aromatic N) is 2. The third-order valence-corrected chi connectivity index (χ3v) is 4.01. The van der Waals surface area contributed by atoms with Crippen molar-refractivity contribution < 1.29 is 9.90 Å². The van der Waals surface area contributed by atoms with Crippen molar-refractivity contribution in [2.75, 3.05) is 0 Å². The van der Waals surface area contributed by atoms with Crippen molar-refractivity contribution in [2.45, 2.75) is 0 Å². The second kappa shape index (κ2) is 6.17. The van der Waals surface area contributed by atoms with E-state index < -0.39 is 0 Å². The number of carbonyl (C=O) groups is 1. The van der Waals surface area contributed by atoms with Gasteiger partial charge in [-0.15, -0.1) is 0 Å². The Morgan fingerprint density at radius 2 is 1.64 bits per heavy atom. The lowest BCUT2D eigenvalue weighted by Crippen LogP contribution is -2.05. The van der Waals surface area contributed by atoms with Gasteiger partial charge in [0.05, 0.1) is 5.69 Å². The summed E-state index contributed by atoms with van der Waals surface area (Å²) in [6, 6.07) is 21.4. The number of hydrogen-bond donors (Lipinski definition) is 1. The first-order valence-corrected chi connectivity index (χ1v) is 7.87. The molecule has 0 aliphatic carbocycles. The van der Waals surface area contributed by atoms with Crippen LogP contribution in [-0.4, -0.2) is 20.9 Å². The summed E-state index contributed by atoms with van der Waals surface area (Å²) in [6.45, 7) is 0. The van der Waals surface area contributed by atoms with Crippen LogP contribution in [0.4, 0.5) is 0 Å². The van der Waals surface area contributed by atoms with Crippen LogP contribution < -0.4 is 0 Å². The molecule has 0 radical (unpaired) electrons. The van der Waals surface area contributed by atoms with Crippen LogP contribution in [0.15, 0.2) is 79.0 Å². The normalized spacial score (nSPS) is 10.7. The van der Waals surface area contributed by atoms with E-state index in [4.69, 9.17) is 0 Å². The van der Waals surface area contributed by atoms with Crippen LogP contribution in [0.3, 0.4) is 0 Å². The van der Waals surface area contributed by atoms with Crippen LogP contribution in [0, 0.1) is 0 Å². The molecule has 0 aliphatic rings. The zero-order valence-electron chi connectivity index (χ0n) is 13.3. The molecule has 1 N–H and O–H groups in total. The molecule has 0 spiro atoms. The van der Waals surface area contributed by atoms with Crippen LogP contribution in [0.25, 0.3) is 22.3 Å². The second-order valence-electron chi connectivity index (χ2n) is 5.68. The molecule has 0 bridgehead atoms. The quantitative estimate of drug-likeness (QED) is 0.572. The summed E-state index contributed by atoms with van der Waals surface area (Å²) in [4.78, 5) is 22.0. The molecule has 0 saturated heterocycles. The molecule has 2 heterocycles. The zero-order valence-corrected chi connectivity index (χ0v) is 13.3. The monoisotopic (exact) mass is 326 g/mol. The topological polar surface area (TPSA) is 63.1 Å². The average molecular weight is 326 g/mol. The van der Waals surface area contributed by atoms with E-state index in [1.54, 1.807) is 18.3 Å². The maximum Gasteiger partial charge on any atom is 0.195 e. The molecule has 0 amide bonds. The number of fused-ring (bicyclic) bond motifs is 1. The number of pyridine rings is 2. The first kappa shape index (κ1) is 15.0. The predicted octanol–water partition coefficient (Wildman–Crippen LogP) is 4.23. The van der Waals surface area contributed by atoms with Crippen molar-refractivity contribution in [3.63, 3.8) is 0 Å². The molecule has 0 atom stereocenters. The molecule has 4 rings (SSSR count). The van der Waals surface area contributed by atoms with Crippen molar-refractivity contribution in [1.29, 1.82) is 0 Å². The smallest absolute Gasteiger partial charge is 0.195 e. The highest BCUT2D eigenvalue weighted by atomic mass is 16.3. The second-order valence-corrected chi connectivity index (χ2v) is 5.68. The zero-order chi connectivity index (χ0) is 17.2. The minimum atomic E-state index is -0.142. The van der Waals surface area contributed by atoms with Gasteiger partial charge < -0.3 is 5.11 Å². The van der Waals surface area contributed by atoms with Crippen molar-refractivity contribution in [3.05, 3.63) is 90.1 Å². The van der Waals surface area contributed by atoms with E-state index in [1.165, 1.54) is 12.1 Å². The minimum Gasteiger partial charge on any atom is -0.508 e. The first-order chi connectivity index (χ1) is 12.2. The Labute approximate surface area is 144 Å². The van der Waals surface area contributed by atoms with Gasteiger partial charge in [0.25, 0.3) is 0 Å². The highest BCUT2D eigenvalue weighted by Gasteiger charge is 2.18. The SMILES string of the molecule is O=C(c1ccc(O)cc1)c1cc2cccnc2nc1-c1ccccc1. The molecule has 0 fully saturated rings. The number of benzene rings is 2. The van der Waals surface area contributed by atoms with Gasteiger partial charge in [-0.3, -0.25) is 4.79 Å². The van der Waals surface area contributed by atoms with Crippen molar-refractivity contribution in [1.82, 2.24) is 9.97 Å². The third kappa shape index (κ3) is 2.85. The van der Waals surface area contributed by atoms with Gasteiger partial charge in [0.1, 0.15) is 5.75 Å². The molecule has 2 aromatic carbocycles. The van der Waals surface area contributed by atoms with E-state index >= 15 is 0 Å². The van der Waals surface area contributed by atoms with Gasteiger partial charge in [-0.05, 0) is 42.5 Å². The van der Waals surface area contributed by atoms with Crippen molar-refractivity contribution in [2.24, 2.45) is 0 Å². The standard InChI is InChI=1S/C21H14N2O2/c24-17-10-8-15(9-11-17)20(25)18-13-16-7-4-12-22-21(16)23-19(18)14-5-2-1-3-6-14/h1-13,24H. The highest BCUT2D eigenvalue weighted by Crippen LogP contribution is 2.27. The lowest BCUT2D eigenvalue weighted by molar-refractivity contribution is 0.103. The van der Waals surface area contributed by atoms with Crippen molar-refractivity contribution >= 4 is 16.8 Å². The molecule has 0 unspecified atom stereocenters. The van der Waals surface area contributed by atoms with Gasteiger partial charge in [-0.25, -0.2) is 9.97 Å². The van der Waals surface area contributed by atoms with Crippen molar-refractivity contribution in [3.8, 4) is 17.0 Å². The molecule has 4 heteroatoms. The lowest BCUT2D eigenvalue weighted by Gasteiger charge is -2.10. The predicted molar refractivity (Wildman–Crippen MR) is 96.5 cm³/mol. The number of ketones is 1. The number of hydrogen-bond acceptors (Lipinski definition) is 4. The summed E-state index contributed by atoms with van der Waals surface area (Å²) in [5, 5.41) is 10.3. The third-order valence-electron chi connectivity index (χ3n) is 4.01. The van der Waals surface area contributed by atoms with E-state index in [0.717, 1.165) is 10.9 Å². The van der Waals surface area contributed by atoms with Gasteiger partial charge in [0.2, 0.25) is 0 Å². The summed E-state index contributed by atoms with van der Waals surface area (Å²) in [5.74, 6) is -0.0159. The fourth-order valence-corrected chi connectivity index (χ4v) is 2.76. The van der Waals surface area contributed by atoms with Gasteiger partial charge in [-0.2, -0.15) is 0 Å². The fraction of sp³-hybridized carbons (Fsp3) is 0. The minimum absolute atomic E-state index is 0.126. The Bertz CT molecular complexity index is 1060. The Hall–Kier alpha value is -3.53. The molecule has 0 aliphatic heterocycles. The van der Waals surface area contributed by atoms with Gasteiger partial charge in [0, 0.05) is 28.3 Å². The fourth-order valence-electron chi connectivity index (χ4n) is 2.76. The van der Waals surface area contributed by atoms with Gasteiger partial charge >= 0.3 is 0 Å². The Morgan fingerprint density at radius 1 is 0.880 bits per heavy atom. The Kier molecular flexibility index (Phi) is 3.71. The molecule has 4 nitrogen and oxygen atoms in total. The summed E-state index contributed by atoms with van der Waals surface area (Å²) < 4.78 is 0. The number of aromatic hydroxyl groups is 1. The van der Waals surface area contributed by atoms with Crippen LogP contribution in [0.2, 0.25) is 0 Å². The molecular weight excluding hydrogens is 312 g/mol. The van der Waals surface area contributed by atoms with E-state index in [9.17, 15) is 9.90 Å². The largest absolute Gasteiger partial charge is 0.508 e. The lowest BCUT2D eigenvalue weighted by atomic mass is 9.97. The van der Waals surface area contributed by atoms with E-state index in [0.29, 0.717) is 22.5 Å². The number of carbonyl (C=O) groups excluding carboxylic acids is 1. The Balaban J connectivity index is 1.94. The van der Waals surface area contributed by atoms with Gasteiger partial charge in [0.15, 0.2) is 11.4 Å². The average Bonchev–Trinajstić information content (AvgIpc) is 2.68. The molecule has 0 saturated carbocycles. The Morgan fingerprint density at radius 3 is 2.40 bits per heavy atom. The summed E-state index contributed by atoms with van der Waals surface area (Å²) in [6.07, 6.45) is 1.69. The van der Waals surface area contributed by atoms with Crippen LogP contribution >= 0.6 is 0 Å². The number of phenols is 1. The highest BCUT2D eigenvalue weighted by molar-refractivity contribution is 6.13. The summed E-state index contributed by atoms with van der Waals surface area (Å²) in [5.41, 5.74) is 3.07. The van der Waals surface area contributed by atoms with Crippen LogP contribution in [0.5, 0.6) is 5.75 Å². The number of rotatable bonds is 3. The van der Waals surface area contributed by atoms with E-state index in [2.05, 4.69) is 9.97 Å².